The number of para-hydroxylation sites is 2. The largest absolute Gasteiger partial charge is 0.324 e. The van der Waals surface area contributed by atoms with E-state index in [-0.39, 0.29) is 36.4 Å². The molecule has 0 spiro atoms. The highest BCUT2D eigenvalue weighted by Gasteiger charge is 2.26. The van der Waals surface area contributed by atoms with Crippen LogP contribution in [-0.2, 0) is 9.59 Å². The maximum atomic E-state index is 12.7. The molecule has 2 aromatic rings. The average Bonchev–Trinajstić information content (AvgIpc) is 2.89. The summed E-state index contributed by atoms with van der Waals surface area (Å²) in [4.78, 5) is 41.2. The second kappa shape index (κ2) is 6.17. The molecule has 3 amide bonds. The molecule has 0 aliphatic carbocycles. The van der Waals surface area contributed by atoms with Crippen LogP contribution in [0.1, 0.15) is 23.8 Å². The van der Waals surface area contributed by atoms with Gasteiger partial charge in [0.05, 0.1) is 11.4 Å². The molecule has 0 bridgehead atoms. The van der Waals surface area contributed by atoms with E-state index in [2.05, 4.69) is 15.6 Å². The highest BCUT2D eigenvalue weighted by atomic mass is 32.1. The first-order valence-corrected chi connectivity index (χ1v) is 7.86. The number of carbonyl (C=O) groups excluding carboxylic acids is 3. The zero-order valence-electron chi connectivity index (χ0n) is 12.3. The second-order valence-electron chi connectivity index (χ2n) is 4.99. The van der Waals surface area contributed by atoms with Crippen LogP contribution in [0.3, 0.4) is 0 Å². The number of carbonyl (C=O) groups is 3. The Bertz CT molecular complexity index is 787. The van der Waals surface area contributed by atoms with Gasteiger partial charge in [-0.05, 0) is 12.1 Å². The summed E-state index contributed by atoms with van der Waals surface area (Å²) in [5.74, 6) is -0.681. The fourth-order valence-corrected chi connectivity index (χ4v) is 3.02. The molecule has 0 saturated heterocycles. The lowest BCUT2D eigenvalue weighted by molar-refractivity contribution is -0.116. The molecule has 23 heavy (non-hydrogen) atoms. The zero-order valence-corrected chi connectivity index (χ0v) is 13.1. The summed E-state index contributed by atoms with van der Waals surface area (Å²) >= 11 is 1.18. The minimum absolute atomic E-state index is 0.134. The standard InChI is InChI=1S/C15H14N4O3S/c1-9(20)16-15-18-11(8-23-15)14(22)19-7-6-13(21)17-10-4-2-3-5-12(10)19/h2-5,8H,6-7H2,1H3,(H,17,21)(H,16,18,20). The zero-order chi connectivity index (χ0) is 16.4. The van der Waals surface area contributed by atoms with Gasteiger partial charge in [-0.1, -0.05) is 12.1 Å². The Balaban J connectivity index is 1.91. The molecule has 1 aromatic carbocycles. The number of anilines is 3. The Kier molecular flexibility index (Phi) is 4.07. The van der Waals surface area contributed by atoms with Crippen LogP contribution in [0, 0.1) is 0 Å². The van der Waals surface area contributed by atoms with Crippen molar-refractivity contribution in [2.24, 2.45) is 0 Å². The summed E-state index contributed by atoms with van der Waals surface area (Å²) in [6.07, 6.45) is 0.211. The quantitative estimate of drug-likeness (QED) is 0.882. The molecule has 1 aromatic heterocycles. The van der Waals surface area contributed by atoms with E-state index in [1.807, 2.05) is 0 Å². The van der Waals surface area contributed by atoms with E-state index in [1.165, 1.54) is 23.2 Å². The minimum Gasteiger partial charge on any atom is -0.324 e. The van der Waals surface area contributed by atoms with E-state index in [0.29, 0.717) is 16.5 Å². The number of thiazole rings is 1. The lowest BCUT2D eigenvalue weighted by atomic mass is 10.2. The third kappa shape index (κ3) is 3.21. The van der Waals surface area contributed by atoms with Gasteiger partial charge in [0, 0.05) is 25.3 Å². The lowest BCUT2D eigenvalue weighted by Crippen LogP contribution is -2.32. The van der Waals surface area contributed by atoms with E-state index in [9.17, 15) is 14.4 Å². The molecule has 8 heteroatoms. The third-order valence-corrected chi connectivity index (χ3v) is 4.04. The molecular weight excluding hydrogens is 316 g/mol. The van der Waals surface area contributed by atoms with Gasteiger partial charge in [-0.25, -0.2) is 4.98 Å². The normalized spacial score (nSPS) is 13.8. The number of nitrogens with one attached hydrogen (secondary N) is 2. The molecule has 7 nitrogen and oxygen atoms in total. The lowest BCUT2D eigenvalue weighted by Gasteiger charge is -2.20. The van der Waals surface area contributed by atoms with Crippen LogP contribution in [0.25, 0.3) is 0 Å². The van der Waals surface area contributed by atoms with E-state index < -0.39 is 0 Å². The van der Waals surface area contributed by atoms with Crippen LogP contribution < -0.4 is 15.5 Å². The molecule has 1 aliphatic rings. The second-order valence-corrected chi connectivity index (χ2v) is 5.85. The maximum Gasteiger partial charge on any atom is 0.277 e. The van der Waals surface area contributed by atoms with Crippen molar-refractivity contribution in [3.8, 4) is 0 Å². The van der Waals surface area contributed by atoms with Crippen molar-refractivity contribution in [2.75, 3.05) is 22.1 Å². The summed E-state index contributed by atoms with van der Waals surface area (Å²) in [5, 5.41) is 7.30. The molecule has 2 N–H and O–H groups in total. The van der Waals surface area contributed by atoms with Crippen molar-refractivity contribution >= 4 is 45.6 Å². The molecule has 0 fully saturated rings. The number of benzene rings is 1. The number of hydrogen-bond donors (Lipinski definition) is 2. The smallest absolute Gasteiger partial charge is 0.277 e. The molecule has 118 valence electrons. The Hall–Kier alpha value is -2.74. The number of rotatable bonds is 2. The van der Waals surface area contributed by atoms with E-state index in [4.69, 9.17) is 0 Å². The van der Waals surface area contributed by atoms with Gasteiger partial charge in [-0.2, -0.15) is 0 Å². The van der Waals surface area contributed by atoms with Crippen molar-refractivity contribution in [3.05, 3.63) is 35.3 Å². The Morgan fingerprint density at radius 3 is 2.91 bits per heavy atom. The molecule has 0 radical (unpaired) electrons. The van der Waals surface area contributed by atoms with Crippen LogP contribution in [0.15, 0.2) is 29.6 Å². The third-order valence-electron chi connectivity index (χ3n) is 3.28. The summed E-state index contributed by atoms with van der Waals surface area (Å²) in [7, 11) is 0. The number of nitrogens with zero attached hydrogens (tertiary/aromatic N) is 2. The van der Waals surface area contributed by atoms with Crippen molar-refractivity contribution in [2.45, 2.75) is 13.3 Å². The van der Waals surface area contributed by atoms with E-state index in [1.54, 1.807) is 29.6 Å². The molecule has 0 unspecified atom stereocenters. The van der Waals surface area contributed by atoms with Crippen molar-refractivity contribution < 1.29 is 14.4 Å². The number of fused-ring (bicyclic) bond motifs is 1. The fraction of sp³-hybridized carbons (Fsp3) is 0.200. The molecule has 0 atom stereocenters. The first kappa shape index (κ1) is 15.2. The average molecular weight is 330 g/mol. The number of amides is 3. The van der Waals surface area contributed by atoms with Crippen molar-refractivity contribution in [3.63, 3.8) is 0 Å². The van der Waals surface area contributed by atoms with Crippen molar-refractivity contribution in [1.29, 1.82) is 0 Å². The highest BCUT2D eigenvalue weighted by molar-refractivity contribution is 7.14. The van der Waals surface area contributed by atoms with Gasteiger partial charge in [-0.3, -0.25) is 14.4 Å². The highest BCUT2D eigenvalue weighted by Crippen LogP contribution is 2.30. The topological polar surface area (TPSA) is 91.4 Å². The predicted octanol–water partition coefficient (Wildman–Crippen LogP) is 2.09. The first-order chi connectivity index (χ1) is 11.0. The molecular formula is C15H14N4O3S. The monoisotopic (exact) mass is 330 g/mol. The van der Waals surface area contributed by atoms with E-state index in [0.717, 1.165) is 0 Å². The van der Waals surface area contributed by atoms with Gasteiger partial charge >= 0.3 is 0 Å². The SMILES string of the molecule is CC(=O)Nc1nc(C(=O)N2CCC(=O)Nc3ccccc32)cs1. The summed E-state index contributed by atoms with van der Waals surface area (Å²) < 4.78 is 0. The molecule has 2 heterocycles. The summed E-state index contributed by atoms with van der Waals surface area (Å²) in [6, 6.07) is 7.13. The maximum absolute atomic E-state index is 12.7. The van der Waals surface area contributed by atoms with Crippen LogP contribution >= 0.6 is 11.3 Å². The van der Waals surface area contributed by atoms with Crippen LogP contribution in [0.5, 0.6) is 0 Å². The Labute approximate surface area is 136 Å². The van der Waals surface area contributed by atoms with Gasteiger partial charge in [0.1, 0.15) is 5.69 Å². The fourth-order valence-electron chi connectivity index (χ4n) is 2.29. The molecule has 3 rings (SSSR count). The van der Waals surface area contributed by atoms with Crippen molar-refractivity contribution in [1.82, 2.24) is 4.98 Å². The van der Waals surface area contributed by atoms with Gasteiger partial charge in [-0.15, -0.1) is 11.3 Å². The Morgan fingerprint density at radius 1 is 1.35 bits per heavy atom. The van der Waals surface area contributed by atoms with Crippen LogP contribution in [0.2, 0.25) is 0 Å². The summed E-state index contributed by atoms with van der Waals surface area (Å²) in [6.45, 7) is 1.65. The van der Waals surface area contributed by atoms with E-state index >= 15 is 0 Å². The number of aromatic nitrogens is 1. The van der Waals surface area contributed by atoms with Gasteiger partial charge in [0.25, 0.3) is 5.91 Å². The first-order valence-electron chi connectivity index (χ1n) is 6.98. The molecule has 0 saturated carbocycles. The minimum atomic E-state index is -0.304. The van der Waals surface area contributed by atoms with Gasteiger partial charge in [0.15, 0.2) is 5.13 Å². The van der Waals surface area contributed by atoms with Crippen LogP contribution in [-0.4, -0.2) is 29.3 Å². The molecule has 1 aliphatic heterocycles. The number of hydrogen-bond acceptors (Lipinski definition) is 5. The summed E-state index contributed by atoms with van der Waals surface area (Å²) in [5.41, 5.74) is 1.47. The van der Waals surface area contributed by atoms with Gasteiger partial charge < -0.3 is 15.5 Å². The van der Waals surface area contributed by atoms with Gasteiger partial charge in [0.2, 0.25) is 11.8 Å². The van der Waals surface area contributed by atoms with Crippen LogP contribution in [0.4, 0.5) is 16.5 Å². The predicted molar refractivity (Wildman–Crippen MR) is 87.8 cm³/mol. The Morgan fingerprint density at radius 2 is 2.13 bits per heavy atom.